The van der Waals surface area contributed by atoms with Crippen molar-refractivity contribution in [1.29, 1.82) is 0 Å². The average molecular weight is 398 g/mol. The Morgan fingerprint density at radius 2 is 1.90 bits per heavy atom. The molecule has 0 spiro atoms. The first-order valence-corrected chi connectivity index (χ1v) is 9.70. The summed E-state index contributed by atoms with van der Waals surface area (Å²) in [7, 11) is 3.32. The van der Waals surface area contributed by atoms with E-state index < -0.39 is 18.2 Å². The number of fused-ring (bicyclic) bond motifs is 3. The summed E-state index contributed by atoms with van der Waals surface area (Å²) in [5.74, 6) is 1.28. The van der Waals surface area contributed by atoms with Gasteiger partial charge in [0.05, 0.1) is 7.11 Å². The largest absolute Gasteiger partial charge is 0.497 e. The maximum absolute atomic E-state index is 12.5. The third-order valence-electron chi connectivity index (χ3n) is 5.75. The van der Waals surface area contributed by atoms with Crippen molar-refractivity contribution >= 4 is 23.6 Å². The molecule has 0 bridgehead atoms. The molecule has 9 heteroatoms. The van der Waals surface area contributed by atoms with Gasteiger partial charge in [0.2, 0.25) is 5.96 Å². The van der Waals surface area contributed by atoms with Crippen molar-refractivity contribution in [3.63, 3.8) is 0 Å². The van der Waals surface area contributed by atoms with Gasteiger partial charge in [-0.1, -0.05) is 0 Å². The van der Waals surface area contributed by atoms with Crippen molar-refractivity contribution in [2.45, 2.75) is 32.5 Å². The summed E-state index contributed by atoms with van der Waals surface area (Å²) in [5, 5.41) is 5.82. The maximum atomic E-state index is 12.5. The van der Waals surface area contributed by atoms with Gasteiger partial charge in [-0.05, 0) is 44.5 Å². The van der Waals surface area contributed by atoms with Gasteiger partial charge < -0.3 is 19.9 Å². The lowest BCUT2D eigenvalue weighted by molar-refractivity contribution is -0.126. The molecule has 1 aromatic carbocycles. The first-order valence-electron chi connectivity index (χ1n) is 9.70. The third-order valence-corrected chi connectivity index (χ3v) is 5.75. The van der Waals surface area contributed by atoms with Gasteiger partial charge in [0.1, 0.15) is 5.75 Å². The van der Waals surface area contributed by atoms with E-state index in [0.717, 1.165) is 48.3 Å². The van der Waals surface area contributed by atoms with E-state index in [1.807, 2.05) is 43.0 Å². The fourth-order valence-electron chi connectivity index (χ4n) is 3.97. The number of benzene rings is 1. The van der Waals surface area contributed by atoms with Crippen LogP contribution in [-0.4, -0.2) is 72.1 Å². The minimum Gasteiger partial charge on any atom is -0.497 e. The smallest absolute Gasteiger partial charge is 0.325 e. The number of aliphatic imine (C=N–C) groups is 1. The highest BCUT2D eigenvalue weighted by atomic mass is 16.5. The highest BCUT2D eigenvalue weighted by Crippen LogP contribution is 2.36. The van der Waals surface area contributed by atoms with Crippen molar-refractivity contribution in [2.24, 2.45) is 4.99 Å². The predicted octanol–water partition coefficient (Wildman–Crippen LogP) is 1.61. The van der Waals surface area contributed by atoms with Crippen LogP contribution in [0.5, 0.6) is 5.75 Å². The Kier molecular flexibility index (Phi) is 4.81. The highest BCUT2D eigenvalue weighted by Gasteiger charge is 2.52. The van der Waals surface area contributed by atoms with E-state index >= 15 is 0 Å². The van der Waals surface area contributed by atoms with Gasteiger partial charge in [-0.2, -0.15) is 0 Å². The topological polar surface area (TPSA) is 89.5 Å². The number of guanidine groups is 1. The fourth-order valence-corrected chi connectivity index (χ4v) is 3.97. The number of carbonyl (C=O) groups excluding carboxylic acids is 2. The quantitative estimate of drug-likeness (QED) is 0.708. The monoisotopic (exact) mass is 398 g/mol. The van der Waals surface area contributed by atoms with Crippen LogP contribution in [-0.2, 0) is 4.79 Å². The van der Waals surface area contributed by atoms with E-state index in [1.54, 1.807) is 14.2 Å². The molecule has 4 rings (SSSR count). The van der Waals surface area contributed by atoms with Crippen LogP contribution in [0.1, 0.15) is 20.3 Å². The number of ether oxygens (including phenoxy) is 1. The van der Waals surface area contributed by atoms with Crippen LogP contribution >= 0.6 is 0 Å². The Hall–Kier alpha value is -3.23. The van der Waals surface area contributed by atoms with Crippen LogP contribution in [0.3, 0.4) is 0 Å². The molecule has 2 atom stereocenters. The Balaban J connectivity index is 1.41. The van der Waals surface area contributed by atoms with Crippen molar-refractivity contribution < 1.29 is 14.3 Å². The van der Waals surface area contributed by atoms with Crippen LogP contribution in [0.4, 0.5) is 10.5 Å². The number of nitrogens with one attached hydrogen (secondary N) is 2. The van der Waals surface area contributed by atoms with Crippen molar-refractivity contribution in [2.75, 3.05) is 32.6 Å². The molecule has 1 saturated heterocycles. The van der Waals surface area contributed by atoms with Crippen LogP contribution in [0, 0.1) is 0 Å². The van der Waals surface area contributed by atoms with Gasteiger partial charge in [0, 0.05) is 37.2 Å². The minimum atomic E-state index is -0.509. The second-order valence-corrected chi connectivity index (χ2v) is 7.39. The summed E-state index contributed by atoms with van der Waals surface area (Å²) in [6.07, 6.45) is 0.397. The van der Waals surface area contributed by atoms with Crippen LogP contribution < -0.4 is 15.4 Å². The average Bonchev–Trinajstić information content (AvgIpc) is 3.21. The molecule has 3 amide bonds. The summed E-state index contributed by atoms with van der Waals surface area (Å²) >= 11 is 0. The Bertz CT molecular complexity index is 894. The summed E-state index contributed by atoms with van der Waals surface area (Å²) in [6.45, 7) is 5.60. The van der Waals surface area contributed by atoms with Gasteiger partial charge in [-0.3, -0.25) is 15.0 Å². The zero-order chi connectivity index (χ0) is 20.7. The molecule has 0 aliphatic carbocycles. The number of amides is 3. The van der Waals surface area contributed by atoms with E-state index in [0.29, 0.717) is 0 Å². The van der Waals surface area contributed by atoms with Crippen molar-refractivity contribution in [1.82, 2.24) is 20.0 Å². The molecular weight excluding hydrogens is 372 g/mol. The lowest BCUT2D eigenvalue weighted by Gasteiger charge is -2.35. The van der Waals surface area contributed by atoms with Gasteiger partial charge in [0.25, 0.3) is 5.91 Å². The standard InChI is InChI=1S/C20H26N6O3/c1-12-13(2)26-16-17(24(3)20(28)23-18(16)27)22-19(26)25(12)11-5-10-21-14-6-8-15(29-4)9-7-14/h6-9,16-17,21H,5,10-11H2,1-4H3,(H,23,27,28). The zero-order valence-corrected chi connectivity index (χ0v) is 17.1. The summed E-state index contributed by atoms with van der Waals surface area (Å²) in [4.78, 5) is 34.7. The number of imide groups is 1. The molecule has 29 heavy (non-hydrogen) atoms. The first-order chi connectivity index (χ1) is 13.9. The fraction of sp³-hybridized carbons (Fsp3) is 0.450. The summed E-state index contributed by atoms with van der Waals surface area (Å²) in [6, 6.07) is 6.91. The molecule has 1 fully saturated rings. The van der Waals surface area contributed by atoms with Crippen LogP contribution in [0.25, 0.3) is 0 Å². The number of carbonyl (C=O) groups is 2. The molecule has 9 nitrogen and oxygen atoms in total. The number of allylic oxidation sites excluding steroid dienone is 2. The molecule has 1 aromatic rings. The van der Waals surface area contributed by atoms with Gasteiger partial charge >= 0.3 is 6.03 Å². The molecule has 2 unspecified atom stereocenters. The second-order valence-electron chi connectivity index (χ2n) is 7.39. The molecule has 3 aliphatic heterocycles. The number of hydrogen-bond donors (Lipinski definition) is 2. The first kappa shape index (κ1) is 19.1. The third kappa shape index (κ3) is 3.16. The molecule has 2 N–H and O–H groups in total. The molecular formula is C20H26N6O3. The Morgan fingerprint density at radius 1 is 1.17 bits per heavy atom. The summed E-state index contributed by atoms with van der Waals surface area (Å²) < 4.78 is 5.18. The SMILES string of the molecule is COc1ccc(NCCCN2C3=NC4C(C(=O)NC(=O)N4C)N3C(C)=C2C)cc1. The molecule has 0 radical (unpaired) electrons. The van der Waals surface area contributed by atoms with Gasteiger partial charge in [0.15, 0.2) is 12.2 Å². The van der Waals surface area contributed by atoms with Crippen LogP contribution in [0.2, 0.25) is 0 Å². The Morgan fingerprint density at radius 3 is 2.59 bits per heavy atom. The number of hydrogen-bond acceptors (Lipinski definition) is 7. The molecule has 3 heterocycles. The van der Waals surface area contributed by atoms with Crippen LogP contribution in [0.15, 0.2) is 40.7 Å². The maximum Gasteiger partial charge on any atom is 0.325 e. The van der Waals surface area contributed by atoms with E-state index in [1.165, 1.54) is 4.90 Å². The van der Waals surface area contributed by atoms with Crippen molar-refractivity contribution in [3.8, 4) is 5.75 Å². The van der Waals surface area contributed by atoms with E-state index in [4.69, 9.17) is 9.73 Å². The van der Waals surface area contributed by atoms with E-state index in [2.05, 4.69) is 15.5 Å². The predicted molar refractivity (Wildman–Crippen MR) is 109 cm³/mol. The zero-order valence-electron chi connectivity index (χ0n) is 17.1. The lowest BCUT2D eigenvalue weighted by Crippen LogP contribution is -2.63. The van der Waals surface area contributed by atoms with Crippen molar-refractivity contribution in [3.05, 3.63) is 35.7 Å². The van der Waals surface area contributed by atoms with E-state index in [9.17, 15) is 9.59 Å². The minimum absolute atomic E-state index is 0.299. The number of nitrogens with zero attached hydrogens (tertiary/aromatic N) is 4. The number of anilines is 1. The lowest BCUT2D eigenvalue weighted by atomic mass is 10.1. The molecule has 3 aliphatic rings. The number of likely N-dealkylation sites (N-methyl/N-ethyl adjacent to an activating group) is 1. The number of methoxy groups -OCH3 is 1. The number of rotatable bonds is 6. The highest BCUT2D eigenvalue weighted by molar-refractivity contribution is 6.05. The second kappa shape index (κ2) is 7.31. The number of urea groups is 1. The van der Waals surface area contributed by atoms with Gasteiger partial charge in [-0.15, -0.1) is 0 Å². The molecule has 0 saturated carbocycles. The normalized spacial score (nSPS) is 23.2. The summed E-state index contributed by atoms with van der Waals surface area (Å²) in [5.41, 5.74) is 3.12. The Labute approximate surface area is 170 Å². The molecule has 154 valence electrons. The molecule has 0 aromatic heterocycles. The van der Waals surface area contributed by atoms with E-state index in [-0.39, 0.29) is 5.91 Å². The van der Waals surface area contributed by atoms with Gasteiger partial charge in [-0.25, -0.2) is 9.79 Å².